The second kappa shape index (κ2) is 5.44. The molecule has 0 aliphatic heterocycles. The molecular formula is C10H16FN3O2S. The van der Waals surface area contributed by atoms with Crippen LogP contribution in [0.5, 0.6) is 0 Å². The van der Waals surface area contributed by atoms with Gasteiger partial charge in [0.05, 0.1) is 10.6 Å². The lowest BCUT2D eigenvalue weighted by Gasteiger charge is -2.19. The normalized spacial score (nSPS) is 11.5. The molecule has 5 nitrogen and oxygen atoms in total. The Hall–Kier alpha value is -1.18. The minimum atomic E-state index is -3.86. The van der Waals surface area contributed by atoms with Crippen LogP contribution in [0, 0.1) is 5.82 Å². The van der Waals surface area contributed by atoms with E-state index in [0.717, 1.165) is 12.5 Å². The predicted octanol–water partition coefficient (Wildman–Crippen LogP) is 0.258. The van der Waals surface area contributed by atoms with Crippen molar-refractivity contribution in [1.82, 2.24) is 0 Å². The summed E-state index contributed by atoms with van der Waals surface area (Å²) in [5, 5.41) is 4.91. The third-order valence-electron chi connectivity index (χ3n) is 2.36. The second-order valence-electron chi connectivity index (χ2n) is 3.72. The molecule has 0 bridgehead atoms. The first-order valence-electron chi connectivity index (χ1n) is 5.10. The Kier molecular flexibility index (Phi) is 4.44. The fraction of sp³-hybridized carbons (Fsp3) is 0.400. The number of primary sulfonamides is 1. The van der Waals surface area contributed by atoms with Gasteiger partial charge in [0.1, 0.15) is 5.82 Å². The molecule has 0 radical (unpaired) electrons. The summed E-state index contributed by atoms with van der Waals surface area (Å²) in [5.41, 5.74) is 5.68. The number of anilines is 1. The Morgan fingerprint density at radius 3 is 2.53 bits per heavy atom. The average molecular weight is 261 g/mol. The van der Waals surface area contributed by atoms with Crippen molar-refractivity contribution in [3.05, 3.63) is 24.0 Å². The minimum absolute atomic E-state index is 0.231. The molecule has 0 saturated heterocycles. The predicted molar refractivity (Wildman–Crippen MR) is 64.7 cm³/mol. The number of hydrogen-bond donors (Lipinski definition) is 2. The molecule has 1 aromatic rings. The van der Waals surface area contributed by atoms with Crippen molar-refractivity contribution in [2.24, 2.45) is 10.9 Å². The maximum atomic E-state index is 13.7. The van der Waals surface area contributed by atoms with Gasteiger partial charge in [0.15, 0.2) is 0 Å². The van der Waals surface area contributed by atoms with Gasteiger partial charge in [-0.25, -0.2) is 17.9 Å². The van der Waals surface area contributed by atoms with Gasteiger partial charge in [-0.15, -0.1) is 0 Å². The van der Waals surface area contributed by atoms with Crippen LogP contribution in [-0.2, 0) is 10.0 Å². The van der Waals surface area contributed by atoms with E-state index < -0.39 is 15.8 Å². The quantitative estimate of drug-likeness (QED) is 0.795. The van der Waals surface area contributed by atoms with Crippen LogP contribution in [0.1, 0.15) is 6.42 Å². The Balaban J connectivity index is 2.98. The van der Waals surface area contributed by atoms with E-state index in [1.54, 1.807) is 11.9 Å². The van der Waals surface area contributed by atoms with Crippen molar-refractivity contribution < 1.29 is 12.8 Å². The van der Waals surface area contributed by atoms with Gasteiger partial charge in [-0.05, 0) is 31.2 Å². The molecule has 0 aliphatic rings. The molecule has 0 fully saturated rings. The monoisotopic (exact) mass is 261 g/mol. The van der Waals surface area contributed by atoms with Crippen LogP contribution in [0.3, 0.4) is 0 Å². The number of hydrogen-bond acceptors (Lipinski definition) is 4. The van der Waals surface area contributed by atoms with Crippen LogP contribution in [0.2, 0.25) is 0 Å². The molecule has 0 amide bonds. The summed E-state index contributed by atoms with van der Waals surface area (Å²) in [6.07, 6.45) is 0.729. The van der Waals surface area contributed by atoms with Crippen molar-refractivity contribution in [3.63, 3.8) is 0 Å². The standard InChI is InChI=1S/C10H16FN3O2S/c1-14(6-2-5-12)10-4-3-8(7-9(10)11)17(13,15)16/h3-4,7H,2,5-6,12H2,1H3,(H2,13,15,16). The van der Waals surface area contributed by atoms with E-state index >= 15 is 0 Å². The molecule has 0 heterocycles. The largest absolute Gasteiger partial charge is 0.372 e. The fourth-order valence-electron chi connectivity index (χ4n) is 1.42. The number of halogens is 1. The molecule has 96 valence electrons. The van der Waals surface area contributed by atoms with E-state index in [-0.39, 0.29) is 4.90 Å². The summed E-state index contributed by atoms with van der Waals surface area (Å²) in [6.45, 7) is 1.11. The highest BCUT2D eigenvalue weighted by atomic mass is 32.2. The maximum absolute atomic E-state index is 13.7. The molecule has 1 rings (SSSR count). The van der Waals surface area contributed by atoms with Gasteiger partial charge in [-0.1, -0.05) is 0 Å². The van der Waals surface area contributed by atoms with Gasteiger partial charge in [-0.3, -0.25) is 0 Å². The van der Waals surface area contributed by atoms with Crippen molar-refractivity contribution in [2.75, 3.05) is 25.0 Å². The van der Waals surface area contributed by atoms with E-state index in [4.69, 9.17) is 10.9 Å². The number of rotatable bonds is 5. The zero-order chi connectivity index (χ0) is 13.1. The Labute approximate surface area is 100 Å². The summed E-state index contributed by atoms with van der Waals surface area (Å²) in [4.78, 5) is 1.45. The maximum Gasteiger partial charge on any atom is 0.238 e. The highest BCUT2D eigenvalue weighted by molar-refractivity contribution is 7.89. The van der Waals surface area contributed by atoms with E-state index in [2.05, 4.69) is 0 Å². The average Bonchev–Trinajstić information content (AvgIpc) is 2.24. The lowest BCUT2D eigenvalue weighted by atomic mass is 10.2. The van der Waals surface area contributed by atoms with Crippen molar-refractivity contribution in [2.45, 2.75) is 11.3 Å². The Bertz CT molecular complexity index is 490. The van der Waals surface area contributed by atoms with Gasteiger partial charge in [0, 0.05) is 13.6 Å². The van der Waals surface area contributed by atoms with Crippen LogP contribution in [0.25, 0.3) is 0 Å². The first kappa shape index (κ1) is 13.9. The molecule has 7 heteroatoms. The van der Waals surface area contributed by atoms with Crippen LogP contribution in [0.15, 0.2) is 23.1 Å². The lowest BCUT2D eigenvalue weighted by molar-refractivity contribution is 0.591. The number of benzene rings is 1. The van der Waals surface area contributed by atoms with Gasteiger partial charge in [0.2, 0.25) is 10.0 Å². The summed E-state index contributed by atoms with van der Waals surface area (Å²) >= 11 is 0. The van der Waals surface area contributed by atoms with E-state index in [0.29, 0.717) is 18.8 Å². The number of nitrogens with two attached hydrogens (primary N) is 2. The molecule has 1 aromatic carbocycles. The minimum Gasteiger partial charge on any atom is -0.372 e. The highest BCUT2D eigenvalue weighted by Gasteiger charge is 2.13. The van der Waals surface area contributed by atoms with Gasteiger partial charge in [-0.2, -0.15) is 0 Å². The van der Waals surface area contributed by atoms with Gasteiger partial charge < -0.3 is 10.6 Å². The molecule has 0 spiro atoms. The van der Waals surface area contributed by atoms with Gasteiger partial charge >= 0.3 is 0 Å². The zero-order valence-electron chi connectivity index (χ0n) is 9.56. The Morgan fingerprint density at radius 1 is 1.41 bits per heavy atom. The van der Waals surface area contributed by atoms with E-state index in [9.17, 15) is 12.8 Å². The van der Waals surface area contributed by atoms with E-state index in [1.165, 1.54) is 12.1 Å². The van der Waals surface area contributed by atoms with Crippen molar-refractivity contribution in [1.29, 1.82) is 0 Å². The molecule has 17 heavy (non-hydrogen) atoms. The highest BCUT2D eigenvalue weighted by Crippen LogP contribution is 2.21. The van der Waals surface area contributed by atoms with Crippen LogP contribution in [-0.4, -0.2) is 28.6 Å². The van der Waals surface area contributed by atoms with Crippen LogP contribution < -0.4 is 15.8 Å². The first-order chi connectivity index (χ1) is 7.86. The lowest BCUT2D eigenvalue weighted by Crippen LogP contribution is -2.22. The third-order valence-corrected chi connectivity index (χ3v) is 3.27. The third kappa shape index (κ3) is 3.65. The summed E-state index contributed by atoms with van der Waals surface area (Å²) in [7, 11) is -2.15. The smallest absolute Gasteiger partial charge is 0.238 e. The fourth-order valence-corrected chi connectivity index (χ4v) is 1.95. The topological polar surface area (TPSA) is 89.4 Å². The SMILES string of the molecule is CN(CCCN)c1ccc(S(N)(=O)=O)cc1F. The van der Waals surface area contributed by atoms with Crippen LogP contribution >= 0.6 is 0 Å². The summed E-state index contributed by atoms with van der Waals surface area (Å²) < 4.78 is 35.7. The molecule has 0 aliphatic carbocycles. The molecule has 0 saturated carbocycles. The zero-order valence-corrected chi connectivity index (χ0v) is 10.4. The second-order valence-corrected chi connectivity index (χ2v) is 5.28. The first-order valence-corrected chi connectivity index (χ1v) is 6.64. The molecular weight excluding hydrogens is 245 g/mol. The van der Waals surface area contributed by atoms with Gasteiger partial charge in [0.25, 0.3) is 0 Å². The number of sulfonamides is 1. The summed E-state index contributed by atoms with van der Waals surface area (Å²) in [6, 6.07) is 3.60. The van der Waals surface area contributed by atoms with Crippen molar-refractivity contribution >= 4 is 15.7 Å². The molecule has 0 aromatic heterocycles. The van der Waals surface area contributed by atoms with Crippen LogP contribution in [0.4, 0.5) is 10.1 Å². The molecule has 4 N–H and O–H groups in total. The van der Waals surface area contributed by atoms with Crippen molar-refractivity contribution in [3.8, 4) is 0 Å². The molecule has 0 atom stereocenters. The summed E-state index contributed by atoms with van der Waals surface area (Å²) in [5.74, 6) is -0.615. The molecule has 0 unspecified atom stereocenters. The van der Waals surface area contributed by atoms with E-state index in [1.807, 2.05) is 0 Å². The number of nitrogens with zero attached hydrogens (tertiary/aromatic N) is 1. The Morgan fingerprint density at radius 2 is 2.06 bits per heavy atom.